The monoisotopic (exact) mass is 361 g/mol. The maximum Gasteiger partial charge on any atom is 0.253 e. The van der Waals surface area contributed by atoms with Crippen molar-refractivity contribution in [2.75, 3.05) is 24.7 Å². The molecule has 0 atom stereocenters. The second-order valence-electron chi connectivity index (χ2n) is 4.63. The summed E-state index contributed by atoms with van der Waals surface area (Å²) in [5.41, 5.74) is 0.421. The van der Waals surface area contributed by atoms with Crippen molar-refractivity contribution in [2.24, 2.45) is 0 Å². The molecule has 0 unspecified atom stereocenters. The third-order valence-corrected chi connectivity index (χ3v) is 4.40. The van der Waals surface area contributed by atoms with Gasteiger partial charge in [0, 0.05) is 30.2 Å². The molecule has 1 aromatic rings. The molecule has 20 heavy (non-hydrogen) atoms. The largest absolute Gasteiger partial charge is 0.338 e. The molecule has 0 heterocycles. The minimum Gasteiger partial charge on any atom is -0.338 e. The Morgan fingerprint density at radius 3 is 2.55 bits per heavy atom. The number of amides is 1. The average Bonchev–Trinajstić information content (AvgIpc) is 2.42. The van der Waals surface area contributed by atoms with Crippen LogP contribution < -0.4 is 0 Å². The second-order valence-corrected chi connectivity index (χ2v) is 7.44. The minimum atomic E-state index is -3.29. The molecule has 0 fully saturated rings. The van der Waals surface area contributed by atoms with Crippen LogP contribution >= 0.6 is 15.9 Å². The first-order valence-corrected chi connectivity index (χ1v) is 9.56. The van der Waals surface area contributed by atoms with Gasteiger partial charge in [0.2, 0.25) is 0 Å². The number of carbonyl (C=O) groups excluding carboxylic acids is 1. The zero-order valence-corrected chi connectivity index (χ0v) is 14.2. The van der Waals surface area contributed by atoms with E-state index < -0.39 is 9.84 Å². The van der Waals surface area contributed by atoms with E-state index in [0.29, 0.717) is 24.0 Å². The first-order valence-electron chi connectivity index (χ1n) is 6.55. The molecule has 0 bridgehead atoms. The molecule has 0 aromatic heterocycles. The van der Waals surface area contributed by atoms with E-state index in [-0.39, 0.29) is 10.8 Å². The molecule has 0 saturated carbocycles. The predicted octanol–water partition coefficient (Wildman–Crippen LogP) is 2.73. The van der Waals surface area contributed by atoms with Crippen molar-refractivity contribution < 1.29 is 13.2 Å². The van der Waals surface area contributed by atoms with Gasteiger partial charge in [-0.15, -0.1) is 0 Å². The summed E-state index contributed by atoms with van der Waals surface area (Å²) < 4.78 is 23.1. The molecular formula is C14H20BrNO3S. The van der Waals surface area contributed by atoms with Gasteiger partial charge in [-0.1, -0.05) is 35.3 Å². The third-order valence-electron chi connectivity index (χ3n) is 2.93. The molecule has 0 spiro atoms. The molecule has 0 aliphatic carbocycles. The van der Waals surface area contributed by atoms with Gasteiger partial charge in [0.05, 0.1) is 4.90 Å². The van der Waals surface area contributed by atoms with Crippen LogP contribution in [-0.2, 0) is 9.84 Å². The van der Waals surface area contributed by atoms with Crippen LogP contribution in [0.5, 0.6) is 0 Å². The lowest BCUT2D eigenvalue weighted by Crippen LogP contribution is -2.33. The van der Waals surface area contributed by atoms with Crippen LogP contribution in [-0.4, -0.2) is 43.9 Å². The number of unbranched alkanes of at least 4 members (excludes halogenated alkanes) is 1. The Balaban J connectivity index is 2.99. The summed E-state index contributed by atoms with van der Waals surface area (Å²) in [6, 6.07) is 6.22. The van der Waals surface area contributed by atoms with Crippen LogP contribution in [0.4, 0.5) is 0 Å². The minimum absolute atomic E-state index is 0.122. The Bertz CT molecular complexity index is 557. The Kier molecular flexibility index (Phi) is 6.68. The first kappa shape index (κ1) is 17.2. The van der Waals surface area contributed by atoms with Crippen molar-refractivity contribution in [2.45, 2.75) is 24.7 Å². The van der Waals surface area contributed by atoms with Gasteiger partial charge in [0.15, 0.2) is 9.84 Å². The zero-order chi connectivity index (χ0) is 15.2. The predicted molar refractivity (Wildman–Crippen MR) is 84.2 cm³/mol. The number of halogens is 1. The molecule has 1 aromatic carbocycles. The van der Waals surface area contributed by atoms with E-state index >= 15 is 0 Å². The number of nitrogens with zero attached hydrogens (tertiary/aromatic N) is 1. The SMILES string of the molecule is CCCCN(CCBr)C(=O)c1cccc(S(C)(=O)=O)c1. The van der Waals surface area contributed by atoms with Crippen LogP contribution in [0.2, 0.25) is 0 Å². The fourth-order valence-corrected chi connectivity index (χ4v) is 2.90. The van der Waals surface area contributed by atoms with Crippen molar-refractivity contribution in [3.63, 3.8) is 0 Å². The van der Waals surface area contributed by atoms with E-state index in [1.54, 1.807) is 17.0 Å². The molecule has 6 heteroatoms. The van der Waals surface area contributed by atoms with Gasteiger partial charge in [-0.3, -0.25) is 4.79 Å². The Morgan fingerprint density at radius 1 is 1.30 bits per heavy atom. The van der Waals surface area contributed by atoms with E-state index in [1.807, 2.05) is 0 Å². The highest BCUT2D eigenvalue weighted by atomic mass is 79.9. The van der Waals surface area contributed by atoms with Crippen LogP contribution in [0.15, 0.2) is 29.2 Å². The lowest BCUT2D eigenvalue weighted by Gasteiger charge is -2.21. The number of carbonyl (C=O) groups is 1. The molecule has 0 aliphatic heterocycles. The van der Waals surface area contributed by atoms with Gasteiger partial charge in [-0.05, 0) is 24.6 Å². The fraction of sp³-hybridized carbons (Fsp3) is 0.500. The number of benzene rings is 1. The normalized spacial score (nSPS) is 11.3. The van der Waals surface area contributed by atoms with Crippen molar-refractivity contribution in [3.05, 3.63) is 29.8 Å². The van der Waals surface area contributed by atoms with Gasteiger partial charge < -0.3 is 4.90 Å². The van der Waals surface area contributed by atoms with Crippen molar-refractivity contribution in [1.82, 2.24) is 4.90 Å². The summed E-state index contributed by atoms with van der Waals surface area (Å²) in [6.07, 6.45) is 3.09. The third kappa shape index (κ3) is 4.90. The van der Waals surface area contributed by atoms with Gasteiger partial charge in [-0.25, -0.2) is 8.42 Å². The van der Waals surface area contributed by atoms with Crippen molar-refractivity contribution >= 4 is 31.7 Å². The summed E-state index contributed by atoms with van der Waals surface area (Å²) in [5, 5.41) is 0.703. The van der Waals surface area contributed by atoms with E-state index in [4.69, 9.17) is 0 Å². The molecule has 1 rings (SSSR count). The second kappa shape index (κ2) is 7.78. The molecule has 112 valence electrons. The van der Waals surface area contributed by atoms with Gasteiger partial charge >= 0.3 is 0 Å². The Labute approximate surface area is 129 Å². The Morgan fingerprint density at radius 2 is 2.00 bits per heavy atom. The standard InChI is InChI=1S/C14H20BrNO3S/c1-3-4-9-16(10-8-15)14(17)12-6-5-7-13(11-12)20(2,18)19/h5-7,11H,3-4,8-10H2,1-2H3. The van der Waals surface area contributed by atoms with Gasteiger partial charge in [-0.2, -0.15) is 0 Å². The molecule has 4 nitrogen and oxygen atoms in total. The zero-order valence-electron chi connectivity index (χ0n) is 11.8. The van der Waals surface area contributed by atoms with E-state index in [2.05, 4.69) is 22.9 Å². The quantitative estimate of drug-likeness (QED) is 0.701. The molecule has 0 saturated heterocycles. The van der Waals surface area contributed by atoms with Crippen LogP contribution in [0, 0.1) is 0 Å². The maximum absolute atomic E-state index is 12.4. The lowest BCUT2D eigenvalue weighted by atomic mass is 10.2. The molecule has 0 aliphatic rings. The lowest BCUT2D eigenvalue weighted by molar-refractivity contribution is 0.0764. The smallest absolute Gasteiger partial charge is 0.253 e. The van der Waals surface area contributed by atoms with Crippen molar-refractivity contribution in [1.29, 1.82) is 0 Å². The molecular weight excluding hydrogens is 342 g/mol. The average molecular weight is 362 g/mol. The fourth-order valence-electron chi connectivity index (χ4n) is 1.81. The number of sulfone groups is 1. The van der Waals surface area contributed by atoms with Gasteiger partial charge in [0.1, 0.15) is 0 Å². The number of alkyl halides is 1. The van der Waals surface area contributed by atoms with E-state index in [1.165, 1.54) is 12.1 Å². The highest BCUT2D eigenvalue weighted by molar-refractivity contribution is 9.09. The molecule has 0 N–H and O–H groups in total. The first-order chi connectivity index (χ1) is 9.40. The highest BCUT2D eigenvalue weighted by Crippen LogP contribution is 2.14. The summed E-state index contributed by atoms with van der Waals surface area (Å²) in [5.74, 6) is -0.122. The van der Waals surface area contributed by atoms with Gasteiger partial charge in [0.25, 0.3) is 5.91 Å². The summed E-state index contributed by atoms with van der Waals surface area (Å²) in [6.45, 7) is 3.37. The summed E-state index contributed by atoms with van der Waals surface area (Å²) >= 11 is 3.34. The number of hydrogen-bond donors (Lipinski definition) is 0. The number of rotatable bonds is 7. The number of hydrogen-bond acceptors (Lipinski definition) is 3. The summed E-state index contributed by atoms with van der Waals surface area (Å²) in [7, 11) is -3.29. The van der Waals surface area contributed by atoms with E-state index in [9.17, 15) is 13.2 Å². The molecule has 1 amide bonds. The van der Waals surface area contributed by atoms with Crippen LogP contribution in [0.1, 0.15) is 30.1 Å². The topological polar surface area (TPSA) is 54.5 Å². The van der Waals surface area contributed by atoms with Crippen molar-refractivity contribution in [3.8, 4) is 0 Å². The highest BCUT2D eigenvalue weighted by Gasteiger charge is 2.17. The molecule has 0 radical (unpaired) electrons. The van der Waals surface area contributed by atoms with Crippen LogP contribution in [0.3, 0.4) is 0 Å². The Hall–Kier alpha value is -0.880. The maximum atomic E-state index is 12.4. The van der Waals surface area contributed by atoms with Crippen LogP contribution in [0.25, 0.3) is 0 Å². The summed E-state index contributed by atoms with van der Waals surface area (Å²) in [4.78, 5) is 14.4. The van der Waals surface area contributed by atoms with E-state index in [0.717, 1.165) is 19.1 Å².